The minimum atomic E-state index is 0.368. The second kappa shape index (κ2) is 3.98. The number of fused-ring (bicyclic) bond motifs is 1. The number of nitrogens with zero attached hydrogens (tertiary/aromatic N) is 2. The molecular weight excluding hydrogens is 226 g/mol. The van der Waals surface area contributed by atoms with Crippen LogP contribution < -0.4 is 5.73 Å². The Bertz CT molecular complexity index is 491. The topological polar surface area (TPSA) is 51.8 Å². The Morgan fingerprint density at radius 1 is 1.40 bits per heavy atom. The number of rotatable bonds is 2. The maximum absolute atomic E-state index is 5.68. The monoisotopic (exact) mass is 239 g/mol. The molecule has 2 N–H and O–H groups in total. The number of hydrogen-bond donors (Lipinski definition) is 1. The number of thioether (sulfide) groups is 1. The lowest BCUT2D eigenvalue weighted by Gasteiger charge is -2.05. The highest BCUT2D eigenvalue weighted by Crippen LogP contribution is 2.33. The zero-order valence-electron chi connectivity index (χ0n) is 8.94. The summed E-state index contributed by atoms with van der Waals surface area (Å²) in [6, 6.07) is 2.13. The largest absolute Gasteiger partial charge is 0.368 e. The molecule has 0 fully saturated rings. The second-order valence-electron chi connectivity index (χ2n) is 3.63. The Hall–Kier alpha value is -0.810. The maximum Gasteiger partial charge on any atom is 0.222 e. The van der Waals surface area contributed by atoms with Gasteiger partial charge in [-0.15, -0.1) is 23.1 Å². The highest BCUT2D eigenvalue weighted by atomic mass is 32.2. The first-order valence-electron chi connectivity index (χ1n) is 4.76. The number of anilines is 1. The molecule has 2 rings (SSSR count). The molecule has 0 unspecified atom stereocenters. The Kier molecular flexibility index (Phi) is 2.84. The van der Waals surface area contributed by atoms with Crippen LogP contribution in [0.4, 0.5) is 5.95 Å². The molecule has 0 aliphatic carbocycles. The summed E-state index contributed by atoms with van der Waals surface area (Å²) in [6.07, 6.45) is 0. The van der Waals surface area contributed by atoms with Crippen LogP contribution in [0.25, 0.3) is 10.2 Å². The van der Waals surface area contributed by atoms with Crippen LogP contribution in [0.15, 0.2) is 11.1 Å². The van der Waals surface area contributed by atoms with Gasteiger partial charge in [-0.3, -0.25) is 0 Å². The van der Waals surface area contributed by atoms with Gasteiger partial charge in [-0.2, -0.15) is 0 Å². The van der Waals surface area contributed by atoms with Crippen molar-refractivity contribution in [3.05, 3.63) is 10.9 Å². The van der Waals surface area contributed by atoms with Crippen LogP contribution in [0.3, 0.4) is 0 Å². The van der Waals surface area contributed by atoms with Crippen LogP contribution >= 0.6 is 23.1 Å². The molecule has 0 saturated carbocycles. The predicted octanol–water partition coefficient (Wildman–Crippen LogP) is 3.08. The van der Waals surface area contributed by atoms with Crippen LogP contribution in [0.5, 0.6) is 0 Å². The molecule has 0 aromatic carbocycles. The molecule has 0 radical (unpaired) electrons. The fourth-order valence-corrected chi connectivity index (χ4v) is 3.17. The number of aromatic nitrogens is 2. The van der Waals surface area contributed by atoms with E-state index in [0.29, 0.717) is 11.2 Å². The van der Waals surface area contributed by atoms with Crippen LogP contribution in [-0.4, -0.2) is 15.2 Å². The summed E-state index contributed by atoms with van der Waals surface area (Å²) < 4.78 is 0. The van der Waals surface area contributed by atoms with Gasteiger partial charge in [0.25, 0.3) is 0 Å². The molecular formula is C10H13N3S2. The molecule has 0 atom stereocenters. The Morgan fingerprint density at radius 3 is 2.80 bits per heavy atom. The molecule has 0 bridgehead atoms. The van der Waals surface area contributed by atoms with Gasteiger partial charge in [-0.25, -0.2) is 9.97 Å². The third kappa shape index (κ3) is 2.23. The lowest BCUT2D eigenvalue weighted by atomic mass is 10.4. The zero-order chi connectivity index (χ0) is 11.0. The first-order valence-corrected chi connectivity index (χ1v) is 6.46. The minimum Gasteiger partial charge on any atom is -0.368 e. The molecule has 0 amide bonds. The Morgan fingerprint density at radius 2 is 2.13 bits per heavy atom. The van der Waals surface area contributed by atoms with Gasteiger partial charge < -0.3 is 5.73 Å². The van der Waals surface area contributed by atoms with Gasteiger partial charge in [0.1, 0.15) is 9.86 Å². The van der Waals surface area contributed by atoms with Gasteiger partial charge in [0.15, 0.2) is 0 Å². The molecule has 0 saturated heterocycles. The van der Waals surface area contributed by atoms with E-state index in [-0.39, 0.29) is 0 Å². The molecule has 80 valence electrons. The van der Waals surface area contributed by atoms with Crippen molar-refractivity contribution in [1.82, 2.24) is 9.97 Å². The molecule has 15 heavy (non-hydrogen) atoms. The van der Waals surface area contributed by atoms with Crippen LogP contribution in [-0.2, 0) is 0 Å². The molecule has 5 heteroatoms. The standard InChI is InChI=1S/C10H13N3S2/c1-5(2)14-8-7-4-6(3)15-9(7)13-10(11)12-8/h4-5H,1-3H3,(H2,11,12,13). The summed E-state index contributed by atoms with van der Waals surface area (Å²) in [5.74, 6) is 0.368. The maximum atomic E-state index is 5.68. The van der Waals surface area contributed by atoms with Gasteiger partial charge in [-0.1, -0.05) is 13.8 Å². The van der Waals surface area contributed by atoms with E-state index in [9.17, 15) is 0 Å². The number of nitrogens with two attached hydrogens (primary N) is 1. The molecule has 2 aromatic heterocycles. The van der Waals surface area contributed by atoms with E-state index in [1.54, 1.807) is 23.1 Å². The quantitative estimate of drug-likeness (QED) is 0.646. The summed E-state index contributed by atoms with van der Waals surface area (Å²) in [6.45, 7) is 6.37. The molecule has 3 nitrogen and oxygen atoms in total. The molecule has 0 spiro atoms. The van der Waals surface area contributed by atoms with Crippen molar-refractivity contribution in [3.8, 4) is 0 Å². The van der Waals surface area contributed by atoms with Crippen LogP contribution in [0.2, 0.25) is 0 Å². The molecule has 0 aliphatic rings. The van der Waals surface area contributed by atoms with E-state index in [4.69, 9.17) is 5.73 Å². The average Bonchev–Trinajstić information content (AvgIpc) is 2.44. The van der Waals surface area contributed by atoms with E-state index < -0.39 is 0 Å². The average molecular weight is 239 g/mol. The fourth-order valence-electron chi connectivity index (χ4n) is 1.34. The van der Waals surface area contributed by atoms with E-state index in [1.165, 1.54) is 4.88 Å². The number of thiophene rings is 1. The lowest BCUT2D eigenvalue weighted by molar-refractivity contribution is 1.07. The highest BCUT2D eigenvalue weighted by molar-refractivity contribution is 8.00. The summed E-state index contributed by atoms with van der Waals surface area (Å²) in [7, 11) is 0. The SMILES string of the molecule is Cc1cc2c(SC(C)C)nc(N)nc2s1. The van der Waals surface area contributed by atoms with E-state index in [1.807, 2.05) is 0 Å². The first-order chi connectivity index (χ1) is 7.06. The van der Waals surface area contributed by atoms with Crippen molar-refractivity contribution in [1.29, 1.82) is 0 Å². The third-order valence-corrected chi connectivity index (χ3v) is 3.80. The Labute approximate surface area is 97.1 Å². The number of aryl methyl sites for hydroxylation is 1. The van der Waals surface area contributed by atoms with Crippen molar-refractivity contribution in [2.24, 2.45) is 0 Å². The summed E-state index contributed by atoms with van der Waals surface area (Å²) in [5.41, 5.74) is 5.68. The lowest BCUT2D eigenvalue weighted by Crippen LogP contribution is -1.97. The predicted molar refractivity (Wildman–Crippen MR) is 67.6 cm³/mol. The van der Waals surface area contributed by atoms with Crippen molar-refractivity contribution >= 4 is 39.3 Å². The zero-order valence-corrected chi connectivity index (χ0v) is 10.6. The number of nitrogen functional groups attached to an aromatic ring is 1. The Balaban J connectivity index is 2.59. The van der Waals surface area contributed by atoms with Gasteiger partial charge in [0.05, 0.1) is 0 Å². The van der Waals surface area contributed by atoms with E-state index >= 15 is 0 Å². The molecule has 2 heterocycles. The number of hydrogen-bond acceptors (Lipinski definition) is 5. The van der Waals surface area contributed by atoms with Crippen molar-refractivity contribution in [3.63, 3.8) is 0 Å². The van der Waals surface area contributed by atoms with Crippen molar-refractivity contribution in [2.45, 2.75) is 31.0 Å². The van der Waals surface area contributed by atoms with Gasteiger partial charge in [0, 0.05) is 15.5 Å². The second-order valence-corrected chi connectivity index (χ2v) is 6.43. The highest BCUT2D eigenvalue weighted by Gasteiger charge is 2.10. The van der Waals surface area contributed by atoms with Gasteiger partial charge in [-0.05, 0) is 13.0 Å². The summed E-state index contributed by atoms with van der Waals surface area (Å²) in [4.78, 5) is 10.8. The van der Waals surface area contributed by atoms with Crippen molar-refractivity contribution < 1.29 is 0 Å². The third-order valence-electron chi connectivity index (χ3n) is 1.85. The van der Waals surface area contributed by atoms with E-state index in [2.05, 4.69) is 36.8 Å². The summed E-state index contributed by atoms with van der Waals surface area (Å²) in [5, 5.41) is 2.63. The normalized spacial score (nSPS) is 11.5. The van der Waals surface area contributed by atoms with Gasteiger partial charge in [0.2, 0.25) is 5.95 Å². The smallest absolute Gasteiger partial charge is 0.222 e. The molecule has 2 aromatic rings. The van der Waals surface area contributed by atoms with Crippen LogP contribution in [0, 0.1) is 6.92 Å². The van der Waals surface area contributed by atoms with Crippen LogP contribution in [0.1, 0.15) is 18.7 Å². The van der Waals surface area contributed by atoms with Crippen molar-refractivity contribution in [2.75, 3.05) is 5.73 Å². The minimum absolute atomic E-state index is 0.368. The first kappa shape index (κ1) is 10.7. The summed E-state index contributed by atoms with van der Waals surface area (Å²) >= 11 is 3.39. The van der Waals surface area contributed by atoms with E-state index in [0.717, 1.165) is 15.2 Å². The fraction of sp³-hybridized carbons (Fsp3) is 0.400. The molecule has 0 aliphatic heterocycles. The van der Waals surface area contributed by atoms with Gasteiger partial charge >= 0.3 is 0 Å².